The summed E-state index contributed by atoms with van der Waals surface area (Å²) >= 11 is 0. The summed E-state index contributed by atoms with van der Waals surface area (Å²) in [5.41, 5.74) is 0. The number of hydrogen-bond donors (Lipinski definition) is 0. The molecule has 0 amide bonds. The Labute approximate surface area is 232 Å². The molecular formula is Ce4Sb3. The standard InChI is InChI=1S/4Ce.3Sb. The molecule has 0 aromatic carbocycles. The van der Waals surface area contributed by atoms with E-state index >= 15 is 0 Å². The molecule has 0 aliphatic rings. The summed E-state index contributed by atoms with van der Waals surface area (Å²) in [5.74, 6) is 0. The van der Waals surface area contributed by atoms with Gasteiger partial charge in [0, 0.05) is 240 Å². The molecule has 0 aliphatic heterocycles. The van der Waals surface area contributed by atoms with Gasteiger partial charge in [-0.3, -0.25) is 0 Å². The van der Waals surface area contributed by atoms with Crippen LogP contribution in [0.1, 0.15) is 0 Å². The van der Waals surface area contributed by atoms with Crippen LogP contribution >= 0.6 is 0 Å². The second-order valence-corrected chi connectivity index (χ2v) is 0. The molecule has 0 aromatic rings. The fraction of sp³-hybridized carbons (Fsp3) is 0. The SMILES string of the molecule is [Ce].[Ce].[Ce].[Ce].[Sb].[Sb].[Sb]. The van der Waals surface area contributed by atoms with E-state index in [1.807, 2.05) is 0 Å². The maximum Gasteiger partial charge on any atom is 0 e. The van der Waals surface area contributed by atoms with E-state index in [4.69, 9.17) is 0 Å². The van der Waals surface area contributed by atoms with Crippen LogP contribution in [-0.2, 0) is 0 Å². The van der Waals surface area contributed by atoms with Crippen molar-refractivity contribution in [2.75, 3.05) is 0 Å². The Morgan fingerprint density at radius 1 is 0.286 bits per heavy atom. The molecular weight excluding hydrogens is 926 g/mol. The van der Waals surface area contributed by atoms with E-state index in [1.54, 1.807) is 0 Å². The van der Waals surface area contributed by atoms with E-state index in [0.717, 1.165) is 0 Å². The summed E-state index contributed by atoms with van der Waals surface area (Å²) in [5, 5.41) is 0. The van der Waals surface area contributed by atoms with Crippen molar-refractivity contribution in [3.8, 4) is 0 Å². The normalized spacial score (nSPS) is 0. The molecule has 0 nitrogen and oxygen atoms in total. The third kappa shape index (κ3) is 31.5. The van der Waals surface area contributed by atoms with Crippen LogP contribution in [0.4, 0.5) is 0 Å². The average molecular weight is 926 g/mol. The third-order valence-electron chi connectivity index (χ3n) is 0. The molecule has 0 saturated heterocycles. The summed E-state index contributed by atoms with van der Waals surface area (Å²) < 4.78 is 0. The predicted octanol–water partition coefficient (Wildman–Crippen LogP) is -1.14. The van der Waals surface area contributed by atoms with Crippen LogP contribution in [-0.4, -0.2) is 73.3 Å². The second kappa shape index (κ2) is 37.0. The van der Waals surface area contributed by atoms with E-state index in [9.17, 15) is 0 Å². The van der Waals surface area contributed by atoms with Crippen LogP contribution in [0.25, 0.3) is 0 Å². The van der Waals surface area contributed by atoms with Gasteiger partial charge in [-0.2, -0.15) is 0 Å². The molecule has 0 bridgehead atoms. The van der Waals surface area contributed by atoms with Crippen LogP contribution in [0.5, 0.6) is 0 Å². The Kier molecular flexibility index (Phi) is 243. The molecule has 0 aromatic heterocycles. The smallest absolute Gasteiger partial charge is 0 e. The molecule has 0 N–H and O–H groups in total. The minimum Gasteiger partial charge on any atom is 0 e. The largest absolute Gasteiger partial charge is 0 e. The van der Waals surface area contributed by atoms with Gasteiger partial charge in [0.25, 0.3) is 0 Å². The van der Waals surface area contributed by atoms with Gasteiger partial charge in [-0.15, -0.1) is 0 Å². The number of rotatable bonds is 0. The Morgan fingerprint density at radius 3 is 0.286 bits per heavy atom. The topological polar surface area (TPSA) is 0 Å². The zero-order valence-electron chi connectivity index (χ0n) is 3.34. The van der Waals surface area contributed by atoms with Crippen molar-refractivity contribution in [1.29, 1.82) is 0 Å². The summed E-state index contributed by atoms with van der Waals surface area (Å²) in [6.07, 6.45) is 0. The molecule has 0 fully saturated rings. The van der Waals surface area contributed by atoms with Gasteiger partial charge in [-0.25, -0.2) is 0 Å². The Morgan fingerprint density at radius 2 is 0.286 bits per heavy atom. The van der Waals surface area contributed by atoms with Crippen LogP contribution < -0.4 is 0 Å². The molecule has 0 saturated carbocycles. The van der Waals surface area contributed by atoms with Gasteiger partial charge in [-0.05, 0) is 0 Å². The van der Waals surface area contributed by atoms with E-state index in [2.05, 4.69) is 0 Å². The molecule has 0 unspecified atom stereocenters. The zero-order chi connectivity index (χ0) is 0. The Bertz CT molecular complexity index is 6.90. The predicted molar refractivity (Wildman–Crippen MR) is 17.3 cm³/mol. The molecule has 7 heavy (non-hydrogen) atoms. The summed E-state index contributed by atoms with van der Waals surface area (Å²) in [4.78, 5) is 0. The minimum absolute atomic E-state index is 0. The van der Waals surface area contributed by atoms with E-state index in [-0.39, 0.29) is 240 Å². The third-order valence-corrected chi connectivity index (χ3v) is 0. The van der Waals surface area contributed by atoms with Crippen LogP contribution in [0.15, 0.2) is 0 Å². The van der Waals surface area contributed by atoms with Crippen molar-refractivity contribution in [3.05, 3.63) is 0 Å². The zero-order valence-corrected chi connectivity index (χ0v) is 23.6. The van der Waals surface area contributed by atoms with E-state index < -0.39 is 0 Å². The van der Waals surface area contributed by atoms with Gasteiger partial charge in [-0.1, -0.05) is 0 Å². The Hall–Kier alpha value is 7.96. The van der Waals surface area contributed by atoms with Crippen LogP contribution in [0.3, 0.4) is 0 Å². The Balaban J connectivity index is 0. The molecule has 0 atom stereocenters. The maximum absolute atomic E-state index is 0. The average Bonchev–Trinajstić information content (AvgIpc) is 0. The monoisotopic (exact) mass is 922 g/mol. The van der Waals surface area contributed by atoms with Crippen LogP contribution in [0, 0.1) is 167 Å². The van der Waals surface area contributed by atoms with Gasteiger partial charge in [0.15, 0.2) is 0 Å². The fourth-order valence-electron chi connectivity index (χ4n) is 0. The molecule has 0 heterocycles. The second-order valence-electron chi connectivity index (χ2n) is 0. The molecule has 0 aliphatic carbocycles. The van der Waals surface area contributed by atoms with Crippen molar-refractivity contribution in [3.63, 3.8) is 0 Å². The fourth-order valence-corrected chi connectivity index (χ4v) is 0. The minimum atomic E-state index is 0. The molecule has 0 spiro atoms. The summed E-state index contributed by atoms with van der Waals surface area (Å²) in [7, 11) is 0. The van der Waals surface area contributed by atoms with E-state index in [1.165, 1.54) is 0 Å². The first kappa shape index (κ1) is 46.0. The first-order valence-electron chi connectivity index (χ1n) is 0. The van der Waals surface area contributed by atoms with Crippen molar-refractivity contribution < 1.29 is 167 Å². The molecule has 31 valence electrons. The van der Waals surface area contributed by atoms with Gasteiger partial charge in [0.2, 0.25) is 0 Å². The molecule has 7 heteroatoms. The quantitative estimate of drug-likeness (QED) is 0.270. The molecule has 9 radical (unpaired) electrons. The van der Waals surface area contributed by atoms with Gasteiger partial charge < -0.3 is 0 Å². The molecule has 0 rings (SSSR count). The van der Waals surface area contributed by atoms with Crippen molar-refractivity contribution in [1.82, 2.24) is 0 Å². The first-order valence-corrected chi connectivity index (χ1v) is 0. The summed E-state index contributed by atoms with van der Waals surface area (Å²) in [6, 6.07) is 0. The van der Waals surface area contributed by atoms with Crippen LogP contribution in [0.2, 0.25) is 0 Å². The number of hydrogen-bond acceptors (Lipinski definition) is 0. The van der Waals surface area contributed by atoms with Gasteiger partial charge in [0.1, 0.15) is 0 Å². The van der Waals surface area contributed by atoms with Crippen molar-refractivity contribution in [2.24, 2.45) is 0 Å². The van der Waals surface area contributed by atoms with Gasteiger partial charge >= 0.3 is 0 Å². The first-order chi connectivity index (χ1) is 0. The van der Waals surface area contributed by atoms with Crippen molar-refractivity contribution >= 4 is 73.3 Å². The maximum atomic E-state index is 0. The van der Waals surface area contributed by atoms with Gasteiger partial charge in [0.05, 0.1) is 0 Å². The summed E-state index contributed by atoms with van der Waals surface area (Å²) in [6.45, 7) is 0. The van der Waals surface area contributed by atoms with E-state index in [0.29, 0.717) is 0 Å². The van der Waals surface area contributed by atoms with Crippen molar-refractivity contribution in [2.45, 2.75) is 0 Å².